The molecule has 1 fully saturated rings. The largest absolute Gasteiger partial charge is 0.392 e. The summed E-state index contributed by atoms with van der Waals surface area (Å²) in [4.78, 5) is 0. The van der Waals surface area contributed by atoms with E-state index in [0.29, 0.717) is 6.04 Å². The Kier molecular flexibility index (Phi) is 4.20. The lowest BCUT2D eigenvalue weighted by Crippen LogP contribution is -2.43. The Morgan fingerprint density at radius 3 is 2.15 bits per heavy atom. The number of hydrogen-bond acceptors (Lipinski definition) is 2. The maximum absolute atomic E-state index is 9.35. The van der Waals surface area contributed by atoms with E-state index in [0.717, 1.165) is 5.92 Å². The summed E-state index contributed by atoms with van der Waals surface area (Å²) in [6.45, 7) is 6.14. The Hall–Kier alpha value is -0.0800. The second kappa shape index (κ2) is 4.97. The van der Waals surface area contributed by atoms with E-state index in [1.54, 1.807) is 0 Å². The van der Waals surface area contributed by atoms with Crippen LogP contribution in [0.5, 0.6) is 0 Å². The summed E-state index contributed by atoms with van der Waals surface area (Å²) in [5.41, 5.74) is 0. The van der Waals surface area contributed by atoms with Gasteiger partial charge in [-0.25, -0.2) is 0 Å². The van der Waals surface area contributed by atoms with Gasteiger partial charge in [0.15, 0.2) is 0 Å². The Morgan fingerprint density at radius 1 is 1.15 bits per heavy atom. The van der Waals surface area contributed by atoms with Gasteiger partial charge in [-0.1, -0.05) is 12.8 Å². The van der Waals surface area contributed by atoms with Crippen LogP contribution in [0.1, 0.15) is 46.5 Å². The number of rotatable bonds is 4. The molecular formula is C11H23NO. The normalized spacial score (nSPS) is 25.8. The summed E-state index contributed by atoms with van der Waals surface area (Å²) in [5.74, 6) is 0.834. The summed E-state index contributed by atoms with van der Waals surface area (Å²) < 4.78 is 0. The standard InChI is InChI=1S/C11H23NO/c1-8(10(3)13)12-9(2)11-6-4-5-7-11/h8-13H,4-7H2,1-3H3/t8?,9-,10?/m1/s1. The van der Waals surface area contributed by atoms with Crippen LogP contribution in [0.25, 0.3) is 0 Å². The first-order chi connectivity index (χ1) is 6.11. The molecule has 2 nitrogen and oxygen atoms in total. The molecule has 0 aromatic heterocycles. The fourth-order valence-corrected chi connectivity index (χ4v) is 2.15. The molecule has 0 amide bonds. The molecule has 78 valence electrons. The molecule has 0 aromatic rings. The predicted octanol–water partition coefficient (Wildman–Crippen LogP) is 1.92. The SMILES string of the molecule is CC(O)C(C)N[C@H](C)C1CCCC1. The lowest BCUT2D eigenvalue weighted by Gasteiger charge is -2.26. The third-order valence-electron chi connectivity index (χ3n) is 3.36. The van der Waals surface area contributed by atoms with Crippen LogP contribution in [0.4, 0.5) is 0 Å². The number of aliphatic hydroxyl groups is 1. The lowest BCUT2D eigenvalue weighted by molar-refractivity contribution is 0.140. The molecular weight excluding hydrogens is 162 g/mol. The summed E-state index contributed by atoms with van der Waals surface area (Å²) in [7, 11) is 0. The Bertz CT molecular complexity index is 141. The van der Waals surface area contributed by atoms with Gasteiger partial charge in [0.1, 0.15) is 0 Å². The van der Waals surface area contributed by atoms with E-state index in [1.807, 2.05) is 6.92 Å². The minimum Gasteiger partial charge on any atom is -0.392 e. The van der Waals surface area contributed by atoms with Crippen LogP contribution in [0, 0.1) is 5.92 Å². The van der Waals surface area contributed by atoms with E-state index in [-0.39, 0.29) is 12.1 Å². The highest BCUT2D eigenvalue weighted by Gasteiger charge is 2.23. The van der Waals surface area contributed by atoms with Crippen molar-refractivity contribution < 1.29 is 5.11 Å². The van der Waals surface area contributed by atoms with Crippen molar-refractivity contribution in [3.63, 3.8) is 0 Å². The van der Waals surface area contributed by atoms with Crippen molar-refractivity contribution in [2.45, 2.75) is 64.6 Å². The van der Waals surface area contributed by atoms with Gasteiger partial charge >= 0.3 is 0 Å². The zero-order chi connectivity index (χ0) is 9.84. The second-order valence-corrected chi connectivity index (χ2v) is 4.53. The molecule has 0 saturated heterocycles. The zero-order valence-corrected chi connectivity index (χ0v) is 9.09. The van der Waals surface area contributed by atoms with Gasteiger partial charge in [-0.15, -0.1) is 0 Å². The molecule has 0 radical (unpaired) electrons. The first kappa shape index (κ1) is 11.0. The molecule has 1 aliphatic carbocycles. The van der Waals surface area contributed by atoms with Crippen LogP contribution in [0.3, 0.4) is 0 Å². The van der Waals surface area contributed by atoms with Gasteiger partial charge < -0.3 is 10.4 Å². The van der Waals surface area contributed by atoms with Crippen molar-refractivity contribution in [3.8, 4) is 0 Å². The van der Waals surface area contributed by atoms with Crippen LogP contribution in [-0.4, -0.2) is 23.3 Å². The first-order valence-corrected chi connectivity index (χ1v) is 5.55. The quantitative estimate of drug-likeness (QED) is 0.701. The van der Waals surface area contributed by atoms with Crippen molar-refractivity contribution in [2.75, 3.05) is 0 Å². The van der Waals surface area contributed by atoms with Gasteiger partial charge in [-0.2, -0.15) is 0 Å². The van der Waals surface area contributed by atoms with E-state index in [9.17, 15) is 5.11 Å². The molecule has 0 aromatic carbocycles. The van der Waals surface area contributed by atoms with E-state index >= 15 is 0 Å². The smallest absolute Gasteiger partial charge is 0.0662 e. The lowest BCUT2D eigenvalue weighted by atomic mass is 9.98. The third kappa shape index (κ3) is 3.28. The van der Waals surface area contributed by atoms with Gasteiger partial charge in [-0.05, 0) is 39.5 Å². The Labute approximate surface area is 81.7 Å². The van der Waals surface area contributed by atoms with Crippen LogP contribution < -0.4 is 5.32 Å². The summed E-state index contributed by atoms with van der Waals surface area (Å²) in [5, 5.41) is 12.8. The van der Waals surface area contributed by atoms with Crippen LogP contribution in [0.15, 0.2) is 0 Å². The van der Waals surface area contributed by atoms with E-state index < -0.39 is 0 Å². The van der Waals surface area contributed by atoms with Gasteiger partial charge in [0.25, 0.3) is 0 Å². The van der Waals surface area contributed by atoms with Crippen molar-refractivity contribution in [1.82, 2.24) is 5.32 Å². The fraction of sp³-hybridized carbons (Fsp3) is 1.00. The average Bonchev–Trinajstić information content (AvgIpc) is 2.55. The highest BCUT2D eigenvalue weighted by Crippen LogP contribution is 2.27. The first-order valence-electron chi connectivity index (χ1n) is 5.55. The average molecular weight is 185 g/mol. The molecule has 0 bridgehead atoms. The van der Waals surface area contributed by atoms with Gasteiger partial charge in [0, 0.05) is 12.1 Å². The fourth-order valence-electron chi connectivity index (χ4n) is 2.15. The van der Waals surface area contributed by atoms with Gasteiger partial charge in [0.05, 0.1) is 6.10 Å². The van der Waals surface area contributed by atoms with E-state index in [4.69, 9.17) is 0 Å². The summed E-state index contributed by atoms with van der Waals surface area (Å²) in [6, 6.07) is 0.780. The molecule has 3 atom stereocenters. The maximum atomic E-state index is 9.35. The van der Waals surface area contributed by atoms with Crippen LogP contribution in [-0.2, 0) is 0 Å². The van der Waals surface area contributed by atoms with Crippen molar-refractivity contribution in [3.05, 3.63) is 0 Å². The number of hydrogen-bond donors (Lipinski definition) is 2. The third-order valence-corrected chi connectivity index (χ3v) is 3.36. The van der Waals surface area contributed by atoms with Gasteiger partial charge in [0.2, 0.25) is 0 Å². The topological polar surface area (TPSA) is 32.3 Å². The highest BCUT2D eigenvalue weighted by molar-refractivity contribution is 4.80. The monoisotopic (exact) mass is 185 g/mol. The minimum absolute atomic E-state index is 0.218. The molecule has 2 heteroatoms. The zero-order valence-electron chi connectivity index (χ0n) is 9.09. The molecule has 2 unspecified atom stereocenters. The summed E-state index contributed by atoms with van der Waals surface area (Å²) in [6.07, 6.45) is 5.25. The van der Waals surface area contributed by atoms with Crippen molar-refractivity contribution in [2.24, 2.45) is 5.92 Å². The van der Waals surface area contributed by atoms with Crippen LogP contribution in [0.2, 0.25) is 0 Å². The molecule has 0 aliphatic heterocycles. The molecule has 0 spiro atoms. The van der Waals surface area contributed by atoms with Crippen LogP contribution >= 0.6 is 0 Å². The maximum Gasteiger partial charge on any atom is 0.0662 e. The molecule has 2 N–H and O–H groups in total. The number of aliphatic hydroxyl groups excluding tert-OH is 1. The Morgan fingerprint density at radius 2 is 1.69 bits per heavy atom. The van der Waals surface area contributed by atoms with Crippen molar-refractivity contribution >= 4 is 0 Å². The van der Waals surface area contributed by atoms with E-state index in [1.165, 1.54) is 25.7 Å². The second-order valence-electron chi connectivity index (χ2n) is 4.53. The molecule has 0 heterocycles. The highest BCUT2D eigenvalue weighted by atomic mass is 16.3. The molecule has 13 heavy (non-hydrogen) atoms. The Balaban J connectivity index is 2.26. The summed E-state index contributed by atoms with van der Waals surface area (Å²) >= 11 is 0. The minimum atomic E-state index is -0.246. The molecule has 1 saturated carbocycles. The number of nitrogens with one attached hydrogen (secondary N) is 1. The predicted molar refractivity (Wildman–Crippen MR) is 55.7 cm³/mol. The molecule has 1 rings (SSSR count). The van der Waals surface area contributed by atoms with Gasteiger partial charge in [-0.3, -0.25) is 0 Å². The van der Waals surface area contributed by atoms with E-state index in [2.05, 4.69) is 19.2 Å². The molecule has 1 aliphatic rings. The van der Waals surface area contributed by atoms with Crippen molar-refractivity contribution in [1.29, 1.82) is 0 Å².